The largest absolute Gasteiger partial charge is 0.481 e. The summed E-state index contributed by atoms with van der Waals surface area (Å²) in [4.78, 5) is 29.2. The maximum atomic E-state index is 11.3. The molecule has 6 nitrogen and oxygen atoms in total. The van der Waals surface area contributed by atoms with Gasteiger partial charge in [0, 0.05) is 6.04 Å². The van der Waals surface area contributed by atoms with Crippen molar-refractivity contribution in [1.29, 1.82) is 0 Å². The number of aliphatic carboxylic acids is 1. The maximum Gasteiger partial charge on any atom is 0.329 e. The van der Waals surface area contributed by atoms with Gasteiger partial charge in [0.15, 0.2) is 0 Å². The monoisotopic (exact) mass is 335 g/mol. The van der Waals surface area contributed by atoms with E-state index in [1.54, 1.807) is 18.2 Å². The van der Waals surface area contributed by atoms with Gasteiger partial charge in [-0.3, -0.25) is 9.36 Å². The second-order valence-electron chi connectivity index (χ2n) is 5.36. The molecule has 0 saturated heterocycles. The summed E-state index contributed by atoms with van der Waals surface area (Å²) in [7, 11) is -4.23. The van der Waals surface area contributed by atoms with Gasteiger partial charge in [0.2, 0.25) is 0 Å². The van der Waals surface area contributed by atoms with Crippen molar-refractivity contribution >= 4 is 13.6 Å². The van der Waals surface area contributed by atoms with E-state index in [0.717, 1.165) is 11.1 Å². The molecule has 122 valence electrons. The maximum absolute atomic E-state index is 11.3. The molecule has 0 aliphatic heterocycles. The number of benzene rings is 2. The molecular weight excluding hydrogens is 317 g/mol. The lowest BCUT2D eigenvalue weighted by atomic mass is 9.96. The van der Waals surface area contributed by atoms with Gasteiger partial charge in [0.25, 0.3) is 0 Å². The summed E-state index contributed by atoms with van der Waals surface area (Å²) in [6.45, 7) is 0. The molecule has 0 spiro atoms. The fourth-order valence-electron chi connectivity index (χ4n) is 2.36. The highest BCUT2D eigenvalue weighted by molar-refractivity contribution is 7.50. The first kappa shape index (κ1) is 17.4. The number of carboxylic acids is 1. The van der Waals surface area contributed by atoms with Crippen molar-refractivity contribution in [3.63, 3.8) is 0 Å². The molecule has 0 bridgehead atoms. The van der Waals surface area contributed by atoms with E-state index in [9.17, 15) is 19.1 Å². The van der Waals surface area contributed by atoms with E-state index in [1.807, 2.05) is 30.3 Å². The molecule has 2 aromatic carbocycles. The van der Waals surface area contributed by atoms with Crippen LogP contribution in [0.3, 0.4) is 0 Å². The third-order valence-electron chi connectivity index (χ3n) is 3.33. The van der Waals surface area contributed by atoms with Crippen LogP contribution in [-0.4, -0.2) is 20.9 Å². The lowest BCUT2D eigenvalue weighted by Crippen LogP contribution is -2.15. The minimum absolute atomic E-state index is 0.256. The predicted octanol–water partition coefficient (Wildman–Crippen LogP) is 2.51. The van der Waals surface area contributed by atoms with E-state index in [2.05, 4.69) is 0 Å². The van der Waals surface area contributed by atoms with E-state index < -0.39 is 25.8 Å². The Morgan fingerprint density at radius 2 is 1.74 bits per heavy atom. The molecule has 0 radical (unpaired) electrons. The van der Waals surface area contributed by atoms with Crippen LogP contribution >= 0.6 is 7.60 Å². The van der Waals surface area contributed by atoms with Gasteiger partial charge in [0.1, 0.15) is 0 Å². The Balaban J connectivity index is 2.47. The molecule has 7 heteroatoms. The number of hydrogen-bond acceptors (Lipinski definition) is 3. The highest BCUT2D eigenvalue weighted by Gasteiger charge is 2.18. The Bertz CT molecular complexity index is 741. The minimum atomic E-state index is -4.23. The van der Waals surface area contributed by atoms with Gasteiger partial charge in [-0.1, -0.05) is 42.5 Å². The topological polar surface area (TPSA) is 121 Å². The summed E-state index contributed by atoms with van der Waals surface area (Å²) < 4.78 is 11.3. The Morgan fingerprint density at radius 3 is 2.30 bits per heavy atom. The van der Waals surface area contributed by atoms with Crippen molar-refractivity contribution in [2.24, 2.45) is 5.73 Å². The molecule has 5 N–H and O–H groups in total. The summed E-state index contributed by atoms with van der Waals surface area (Å²) in [6.07, 6.45) is -0.673. The number of rotatable bonds is 6. The second kappa shape index (κ2) is 7.06. The molecule has 0 aromatic heterocycles. The molecule has 0 aliphatic carbocycles. The highest BCUT2D eigenvalue weighted by Crippen LogP contribution is 2.40. The molecule has 2 rings (SSSR count). The first-order valence-corrected chi connectivity index (χ1v) is 8.75. The van der Waals surface area contributed by atoms with E-state index in [0.29, 0.717) is 11.1 Å². The van der Waals surface area contributed by atoms with Crippen LogP contribution in [0.2, 0.25) is 0 Å². The first-order valence-electron chi connectivity index (χ1n) is 6.96. The molecule has 0 fully saturated rings. The Morgan fingerprint density at radius 1 is 1.09 bits per heavy atom. The zero-order valence-corrected chi connectivity index (χ0v) is 13.2. The van der Waals surface area contributed by atoms with Crippen molar-refractivity contribution in [1.82, 2.24) is 0 Å². The summed E-state index contributed by atoms with van der Waals surface area (Å²) in [5, 5.41) is 8.88. The number of hydrogen-bond donors (Lipinski definition) is 4. The number of carboxylic acid groups (broad SMARTS) is 1. The van der Waals surface area contributed by atoms with Crippen LogP contribution in [0.4, 0.5) is 0 Å². The predicted molar refractivity (Wildman–Crippen MR) is 86.8 cm³/mol. The number of carbonyl (C=O) groups is 1. The average Bonchev–Trinajstić information content (AvgIpc) is 2.45. The fraction of sp³-hybridized carbons (Fsp3) is 0.188. The van der Waals surface area contributed by atoms with Crippen LogP contribution in [0, 0.1) is 0 Å². The van der Waals surface area contributed by atoms with Crippen molar-refractivity contribution in [3.05, 3.63) is 59.7 Å². The third-order valence-corrected chi connectivity index (χ3v) is 4.11. The first-order chi connectivity index (χ1) is 10.7. The van der Waals surface area contributed by atoms with Crippen LogP contribution < -0.4 is 5.73 Å². The number of nitrogens with two attached hydrogens (primary N) is 1. The normalized spacial score (nSPS) is 12.8. The van der Waals surface area contributed by atoms with Crippen LogP contribution in [0.25, 0.3) is 11.1 Å². The molecule has 23 heavy (non-hydrogen) atoms. The van der Waals surface area contributed by atoms with Crippen LogP contribution in [-0.2, 0) is 15.5 Å². The molecular formula is C16H18NO5P. The Hall–Kier alpha value is -1.98. The summed E-state index contributed by atoms with van der Waals surface area (Å²) in [5.41, 5.74) is 8.47. The van der Waals surface area contributed by atoms with Gasteiger partial charge in [-0.2, -0.15) is 0 Å². The zero-order valence-electron chi connectivity index (χ0n) is 12.3. The fourth-order valence-corrected chi connectivity index (χ4v) is 3.02. The van der Waals surface area contributed by atoms with E-state index >= 15 is 0 Å². The highest BCUT2D eigenvalue weighted by atomic mass is 31.2. The summed E-state index contributed by atoms with van der Waals surface area (Å²) in [5.74, 6) is -1.03. The SMILES string of the molecule is NC(CC(=O)O)c1cc(CP(=O)(O)O)cc(-c2ccccc2)c1. The molecule has 0 amide bonds. The quantitative estimate of drug-likeness (QED) is 0.602. The lowest BCUT2D eigenvalue weighted by Gasteiger charge is -2.15. The van der Waals surface area contributed by atoms with Gasteiger partial charge >= 0.3 is 13.6 Å². The van der Waals surface area contributed by atoms with E-state index in [-0.39, 0.29) is 6.42 Å². The summed E-state index contributed by atoms with van der Waals surface area (Å²) in [6, 6.07) is 13.5. The standard InChI is InChI=1S/C16H18NO5P/c17-15(9-16(18)19)14-7-11(10-23(20,21)22)6-13(8-14)12-4-2-1-3-5-12/h1-8,15H,9-10,17H2,(H,18,19)(H2,20,21,22). The van der Waals surface area contributed by atoms with Gasteiger partial charge in [-0.05, 0) is 28.3 Å². The molecule has 0 aliphatic rings. The van der Waals surface area contributed by atoms with Gasteiger partial charge in [-0.15, -0.1) is 0 Å². The Kier molecular flexibility index (Phi) is 5.34. The Labute approximate surface area is 133 Å². The molecule has 0 heterocycles. The second-order valence-corrected chi connectivity index (χ2v) is 7.00. The molecule has 2 aromatic rings. The van der Waals surface area contributed by atoms with Gasteiger partial charge < -0.3 is 20.6 Å². The van der Waals surface area contributed by atoms with Gasteiger partial charge in [0.05, 0.1) is 12.6 Å². The third kappa shape index (κ3) is 5.30. The minimum Gasteiger partial charge on any atom is -0.481 e. The van der Waals surface area contributed by atoms with Crippen molar-refractivity contribution in [2.45, 2.75) is 18.6 Å². The summed E-state index contributed by atoms with van der Waals surface area (Å²) >= 11 is 0. The average molecular weight is 335 g/mol. The van der Waals surface area contributed by atoms with Crippen molar-refractivity contribution < 1.29 is 24.3 Å². The van der Waals surface area contributed by atoms with Crippen LogP contribution in [0.15, 0.2) is 48.5 Å². The van der Waals surface area contributed by atoms with Gasteiger partial charge in [-0.25, -0.2) is 0 Å². The van der Waals surface area contributed by atoms with E-state index in [1.165, 1.54) is 0 Å². The molecule has 0 saturated carbocycles. The van der Waals surface area contributed by atoms with Crippen LogP contribution in [0.5, 0.6) is 0 Å². The molecule has 1 atom stereocenters. The van der Waals surface area contributed by atoms with Crippen molar-refractivity contribution in [3.8, 4) is 11.1 Å². The van der Waals surface area contributed by atoms with Crippen LogP contribution in [0.1, 0.15) is 23.6 Å². The van der Waals surface area contributed by atoms with E-state index in [4.69, 9.17) is 10.8 Å². The molecule has 1 unspecified atom stereocenters. The smallest absolute Gasteiger partial charge is 0.329 e. The lowest BCUT2D eigenvalue weighted by molar-refractivity contribution is -0.137. The van der Waals surface area contributed by atoms with Crippen molar-refractivity contribution in [2.75, 3.05) is 0 Å². The zero-order chi connectivity index (χ0) is 17.0.